The second-order valence-electron chi connectivity index (χ2n) is 9.35. The van der Waals surface area contributed by atoms with Gasteiger partial charge in [0.05, 0.1) is 17.2 Å². The Bertz CT molecular complexity index is 1280. The fraction of sp³-hybridized carbons (Fsp3) is 0.370. The van der Waals surface area contributed by atoms with E-state index in [9.17, 15) is 14.0 Å². The summed E-state index contributed by atoms with van der Waals surface area (Å²) in [6.45, 7) is 1.55. The van der Waals surface area contributed by atoms with Gasteiger partial charge < -0.3 is 15.2 Å². The lowest BCUT2D eigenvalue weighted by Crippen LogP contribution is -2.40. The van der Waals surface area contributed by atoms with Gasteiger partial charge in [0.1, 0.15) is 5.82 Å². The summed E-state index contributed by atoms with van der Waals surface area (Å²) in [6.07, 6.45) is 8.23. The van der Waals surface area contributed by atoms with Crippen molar-refractivity contribution in [3.63, 3.8) is 0 Å². The van der Waals surface area contributed by atoms with Gasteiger partial charge >= 0.3 is 0 Å². The third kappa shape index (κ3) is 4.28. The van der Waals surface area contributed by atoms with Crippen LogP contribution >= 0.6 is 0 Å². The van der Waals surface area contributed by atoms with Gasteiger partial charge in [0.15, 0.2) is 0 Å². The van der Waals surface area contributed by atoms with Crippen LogP contribution in [-0.4, -0.2) is 34.8 Å². The number of benzene rings is 2. The molecule has 5 rings (SSSR count). The number of likely N-dealkylation sites (tertiary alicyclic amines) is 1. The van der Waals surface area contributed by atoms with Crippen LogP contribution in [0.1, 0.15) is 65.9 Å². The van der Waals surface area contributed by atoms with Gasteiger partial charge in [-0.2, -0.15) is 5.26 Å². The van der Waals surface area contributed by atoms with E-state index < -0.39 is 11.7 Å². The van der Waals surface area contributed by atoms with Gasteiger partial charge in [0.25, 0.3) is 5.91 Å². The number of amides is 2. The SMILES string of the molecule is N#Cc1ccc(F)c(C(=O)Nc2ccc3[nH]cc(C4CCN(C(=O)C5CCCC5)CC4)c3c2)c1. The zero-order valence-corrected chi connectivity index (χ0v) is 18.9. The lowest BCUT2D eigenvalue weighted by molar-refractivity contribution is -0.136. The van der Waals surface area contributed by atoms with E-state index in [-0.39, 0.29) is 17.0 Å². The third-order valence-corrected chi connectivity index (χ3v) is 7.26. The molecule has 174 valence electrons. The van der Waals surface area contributed by atoms with Crippen molar-refractivity contribution in [1.29, 1.82) is 5.26 Å². The van der Waals surface area contributed by atoms with Crippen molar-refractivity contribution >= 4 is 28.4 Å². The van der Waals surface area contributed by atoms with Crippen molar-refractivity contribution in [2.45, 2.75) is 44.4 Å². The van der Waals surface area contributed by atoms with Gasteiger partial charge in [-0.05, 0) is 73.6 Å². The summed E-state index contributed by atoms with van der Waals surface area (Å²) >= 11 is 0. The van der Waals surface area contributed by atoms with E-state index in [4.69, 9.17) is 5.26 Å². The number of halogens is 1. The summed E-state index contributed by atoms with van der Waals surface area (Å²) in [7, 11) is 0. The van der Waals surface area contributed by atoms with Crippen LogP contribution in [0.25, 0.3) is 10.9 Å². The molecule has 2 fully saturated rings. The summed E-state index contributed by atoms with van der Waals surface area (Å²) in [5, 5.41) is 12.8. The van der Waals surface area contributed by atoms with Gasteiger partial charge in [-0.3, -0.25) is 9.59 Å². The van der Waals surface area contributed by atoms with Crippen LogP contribution in [-0.2, 0) is 4.79 Å². The topological polar surface area (TPSA) is 89.0 Å². The highest BCUT2D eigenvalue weighted by Crippen LogP contribution is 2.36. The summed E-state index contributed by atoms with van der Waals surface area (Å²) in [4.78, 5) is 30.8. The molecule has 1 saturated heterocycles. The van der Waals surface area contributed by atoms with Crippen LogP contribution in [0, 0.1) is 23.1 Å². The van der Waals surface area contributed by atoms with E-state index in [0.717, 1.165) is 68.6 Å². The zero-order chi connectivity index (χ0) is 23.7. The van der Waals surface area contributed by atoms with Crippen LogP contribution in [0.2, 0.25) is 0 Å². The number of fused-ring (bicyclic) bond motifs is 1. The molecule has 2 aromatic carbocycles. The molecule has 0 atom stereocenters. The number of anilines is 1. The van der Waals surface area contributed by atoms with Crippen LogP contribution in [0.15, 0.2) is 42.6 Å². The number of hydrogen-bond acceptors (Lipinski definition) is 3. The van der Waals surface area contributed by atoms with Crippen molar-refractivity contribution in [3.8, 4) is 6.07 Å². The number of nitriles is 1. The molecule has 2 aliphatic rings. The maximum Gasteiger partial charge on any atom is 0.258 e. The Morgan fingerprint density at radius 3 is 2.56 bits per heavy atom. The van der Waals surface area contributed by atoms with Gasteiger partial charge in [-0.1, -0.05) is 12.8 Å². The summed E-state index contributed by atoms with van der Waals surface area (Å²) in [5.74, 6) is -0.386. The average molecular weight is 459 g/mol. The maximum absolute atomic E-state index is 14.2. The standard InChI is InChI=1S/C27H27FN4O2/c28-24-7-5-17(15-29)13-22(24)26(33)31-20-6-8-25-21(14-20)23(16-30-25)18-9-11-32(12-10-18)27(34)19-3-1-2-4-19/h5-8,13-14,16,18-19,30H,1-4,9-12H2,(H,31,33). The number of rotatable bonds is 4. The first-order valence-electron chi connectivity index (χ1n) is 11.9. The highest BCUT2D eigenvalue weighted by Gasteiger charge is 2.31. The Labute approximate surface area is 197 Å². The van der Waals surface area contributed by atoms with E-state index in [1.165, 1.54) is 17.7 Å². The average Bonchev–Trinajstić information content (AvgIpc) is 3.54. The molecule has 2 N–H and O–H groups in total. The lowest BCUT2D eigenvalue weighted by Gasteiger charge is -2.33. The fourth-order valence-electron chi connectivity index (χ4n) is 5.37. The van der Waals surface area contributed by atoms with Crippen molar-refractivity contribution < 1.29 is 14.0 Å². The molecular weight excluding hydrogens is 431 g/mol. The Morgan fingerprint density at radius 2 is 1.82 bits per heavy atom. The van der Waals surface area contributed by atoms with Crippen molar-refractivity contribution in [2.75, 3.05) is 18.4 Å². The molecule has 1 saturated carbocycles. The molecule has 0 bridgehead atoms. The number of aromatic amines is 1. The molecule has 34 heavy (non-hydrogen) atoms. The first-order chi connectivity index (χ1) is 16.5. The third-order valence-electron chi connectivity index (χ3n) is 7.26. The molecule has 0 spiro atoms. The number of piperidine rings is 1. The van der Waals surface area contributed by atoms with Crippen molar-refractivity contribution in [1.82, 2.24) is 9.88 Å². The molecule has 1 aliphatic carbocycles. The Hall–Kier alpha value is -3.66. The van der Waals surface area contributed by atoms with Crippen LogP contribution < -0.4 is 5.32 Å². The maximum atomic E-state index is 14.2. The number of nitrogens with one attached hydrogen (secondary N) is 2. The second-order valence-corrected chi connectivity index (χ2v) is 9.35. The van der Waals surface area contributed by atoms with Crippen LogP contribution in [0.5, 0.6) is 0 Å². The van der Waals surface area contributed by atoms with Crippen molar-refractivity contribution in [3.05, 3.63) is 65.1 Å². The number of H-pyrrole nitrogens is 1. The predicted octanol–water partition coefficient (Wildman–Crippen LogP) is 5.33. The normalized spacial score (nSPS) is 17.1. The van der Waals surface area contributed by atoms with Gasteiger partial charge in [-0.15, -0.1) is 0 Å². The minimum absolute atomic E-state index is 0.159. The molecular formula is C27H27FN4O2. The minimum atomic E-state index is -0.668. The Kier molecular flexibility index (Phi) is 6.06. The molecule has 0 radical (unpaired) electrons. The summed E-state index contributed by atoms with van der Waals surface area (Å²) in [5.41, 5.74) is 2.78. The molecule has 2 heterocycles. The number of hydrogen-bond donors (Lipinski definition) is 2. The first kappa shape index (κ1) is 22.1. The first-order valence-corrected chi connectivity index (χ1v) is 11.9. The number of carbonyl (C=O) groups is 2. The lowest BCUT2D eigenvalue weighted by atomic mass is 9.88. The van der Waals surface area contributed by atoms with Gasteiger partial charge in [-0.25, -0.2) is 4.39 Å². The molecule has 6 nitrogen and oxygen atoms in total. The predicted molar refractivity (Wildman–Crippen MR) is 128 cm³/mol. The molecule has 7 heteroatoms. The highest BCUT2D eigenvalue weighted by atomic mass is 19.1. The molecule has 2 amide bonds. The van der Waals surface area contributed by atoms with E-state index in [1.54, 1.807) is 6.07 Å². The number of aromatic nitrogens is 1. The smallest absolute Gasteiger partial charge is 0.258 e. The highest BCUT2D eigenvalue weighted by molar-refractivity contribution is 6.05. The van der Waals surface area contributed by atoms with Crippen LogP contribution in [0.3, 0.4) is 0 Å². The van der Waals surface area contributed by atoms with E-state index in [0.29, 0.717) is 17.5 Å². The molecule has 1 aliphatic heterocycles. The second kappa shape index (κ2) is 9.30. The zero-order valence-electron chi connectivity index (χ0n) is 18.9. The van der Waals surface area contributed by atoms with Gasteiger partial charge in [0.2, 0.25) is 5.91 Å². The summed E-state index contributed by atoms with van der Waals surface area (Å²) in [6, 6.07) is 11.2. The largest absolute Gasteiger partial charge is 0.361 e. The van der Waals surface area contributed by atoms with E-state index in [1.807, 2.05) is 29.3 Å². The molecule has 0 unspecified atom stereocenters. The molecule has 3 aromatic rings. The van der Waals surface area contributed by atoms with E-state index >= 15 is 0 Å². The Morgan fingerprint density at radius 1 is 1.06 bits per heavy atom. The Balaban J connectivity index is 1.30. The van der Waals surface area contributed by atoms with E-state index in [2.05, 4.69) is 10.3 Å². The van der Waals surface area contributed by atoms with Gasteiger partial charge in [0, 0.05) is 41.8 Å². The minimum Gasteiger partial charge on any atom is -0.361 e. The van der Waals surface area contributed by atoms with Crippen LogP contribution in [0.4, 0.5) is 10.1 Å². The fourth-order valence-corrected chi connectivity index (χ4v) is 5.37. The monoisotopic (exact) mass is 458 g/mol. The number of nitrogens with zero attached hydrogens (tertiary/aromatic N) is 2. The quantitative estimate of drug-likeness (QED) is 0.554. The summed E-state index contributed by atoms with van der Waals surface area (Å²) < 4.78 is 14.2. The molecule has 1 aromatic heterocycles. The number of carbonyl (C=O) groups excluding carboxylic acids is 2. The van der Waals surface area contributed by atoms with Crippen molar-refractivity contribution in [2.24, 2.45) is 5.92 Å².